The second-order valence-electron chi connectivity index (χ2n) is 4.70. The summed E-state index contributed by atoms with van der Waals surface area (Å²) in [7, 11) is 0. The summed E-state index contributed by atoms with van der Waals surface area (Å²) in [6, 6.07) is -0.337. The molecule has 5 nitrogen and oxygen atoms in total. The molecule has 1 aromatic heterocycles. The zero-order valence-electron chi connectivity index (χ0n) is 10.1. The van der Waals surface area contributed by atoms with Crippen molar-refractivity contribution >= 4 is 11.7 Å². The molecule has 5 heteroatoms. The van der Waals surface area contributed by atoms with Crippen LogP contribution in [0.3, 0.4) is 0 Å². The highest BCUT2D eigenvalue weighted by Crippen LogP contribution is 2.03. The summed E-state index contributed by atoms with van der Waals surface area (Å²) in [5.74, 6) is 0.539. The van der Waals surface area contributed by atoms with E-state index in [1.807, 2.05) is 20.8 Å². The van der Waals surface area contributed by atoms with Crippen LogP contribution in [0.15, 0.2) is 18.6 Å². The van der Waals surface area contributed by atoms with Gasteiger partial charge in [-0.2, -0.15) is 0 Å². The third kappa shape index (κ3) is 4.25. The van der Waals surface area contributed by atoms with E-state index in [-0.39, 0.29) is 17.5 Å². The Balaban J connectivity index is 2.53. The van der Waals surface area contributed by atoms with Gasteiger partial charge in [0.2, 0.25) is 5.91 Å². The van der Waals surface area contributed by atoms with E-state index in [1.54, 1.807) is 25.5 Å². The number of hydrogen-bond acceptors (Lipinski definition) is 4. The van der Waals surface area contributed by atoms with Crippen LogP contribution >= 0.6 is 0 Å². The average molecular weight is 222 g/mol. The fourth-order valence-corrected chi connectivity index (χ4v) is 1.14. The molecule has 0 aliphatic rings. The Morgan fingerprint density at radius 3 is 2.56 bits per heavy atom. The Labute approximate surface area is 95.7 Å². The minimum absolute atomic E-state index is 0.0573. The van der Waals surface area contributed by atoms with Gasteiger partial charge in [0.1, 0.15) is 11.9 Å². The van der Waals surface area contributed by atoms with Crippen LogP contribution in [-0.4, -0.2) is 27.5 Å². The van der Waals surface area contributed by atoms with E-state index in [1.165, 1.54) is 0 Å². The number of hydrogen-bond donors (Lipinski definition) is 2. The molecule has 0 bridgehead atoms. The lowest BCUT2D eigenvalue weighted by atomic mass is 10.1. The first-order chi connectivity index (χ1) is 7.38. The molecule has 0 fully saturated rings. The molecule has 1 atom stereocenters. The molecule has 88 valence electrons. The highest BCUT2D eigenvalue weighted by molar-refractivity contribution is 5.84. The van der Waals surface area contributed by atoms with Gasteiger partial charge in [-0.15, -0.1) is 0 Å². The molecule has 0 spiro atoms. The normalized spacial score (nSPS) is 13.0. The lowest BCUT2D eigenvalue weighted by molar-refractivity contribution is -0.122. The molecular formula is C11H18N4O. The summed E-state index contributed by atoms with van der Waals surface area (Å²) in [6.07, 6.45) is 4.75. The molecule has 0 saturated heterocycles. The van der Waals surface area contributed by atoms with Gasteiger partial charge in [-0.25, -0.2) is 4.98 Å². The lowest BCUT2D eigenvalue weighted by Gasteiger charge is -2.23. The number of nitrogens with one attached hydrogen (secondary N) is 2. The molecular weight excluding hydrogens is 204 g/mol. The summed E-state index contributed by atoms with van der Waals surface area (Å²) in [5.41, 5.74) is -0.227. The highest BCUT2D eigenvalue weighted by atomic mass is 16.2. The van der Waals surface area contributed by atoms with Crippen molar-refractivity contribution in [3.8, 4) is 0 Å². The SMILES string of the molecule is C[C@@H](Nc1cnccn1)C(=O)NC(C)(C)C. The van der Waals surface area contributed by atoms with Crippen molar-refractivity contribution in [2.24, 2.45) is 0 Å². The molecule has 0 radical (unpaired) electrons. The topological polar surface area (TPSA) is 66.9 Å². The van der Waals surface area contributed by atoms with Crippen LogP contribution in [0.2, 0.25) is 0 Å². The second-order valence-corrected chi connectivity index (χ2v) is 4.70. The summed E-state index contributed by atoms with van der Waals surface area (Å²) < 4.78 is 0. The van der Waals surface area contributed by atoms with E-state index in [9.17, 15) is 4.79 Å². The predicted octanol–water partition coefficient (Wildman–Crippen LogP) is 1.19. The molecule has 0 aliphatic carbocycles. The van der Waals surface area contributed by atoms with Crippen molar-refractivity contribution in [1.29, 1.82) is 0 Å². The number of amides is 1. The van der Waals surface area contributed by atoms with Gasteiger partial charge in [0.25, 0.3) is 0 Å². The van der Waals surface area contributed by atoms with Gasteiger partial charge < -0.3 is 10.6 Å². The van der Waals surface area contributed by atoms with Crippen molar-refractivity contribution in [2.75, 3.05) is 5.32 Å². The smallest absolute Gasteiger partial charge is 0.242 e. The second kappa shape index (κ2) is 4.92. The van der Waals surface area contributed by atoms with Crippen LogP contribution in [0.5, 0.6) is 0 Å². The lowest BCUT2D eigenvalue weighted by Crippen LogP contribution is -2.47. The standard InChI is InChI=1S/C11H18N4O/c1-8(10(16)15-11(2,3)4)14-9-7-12-5-6-13-9/h5-8H,1-4H3,(H,13,14)(H,15,16)/t8-/m1/s1. The van der Waals surface area contributed by atoms with E-state index in [0.717, 1.165) is 0 Å². The fraction of sp³-hybridized carbons (Fsp3) is 0.545. The number of nitrogens with zero attached hydrogens (tertiary/aromatic N) is 2. The minimum atomic E-state index is -0.337. The molecule has 0 unspecified atom stereocenters. The van der Waals surface area contributed by atoms with Crippen molar-refractivity contribution in [1.82, 2.24) is 15.3 Å². The van der Waals surface area contributed by atoms with E-state index in [0.29, 0.717) is 5.82 Å². The van der Waals surface area contributed by atoms with Crippen LogP contribution in [0.4, 0.5) is 5.82 Å². The van der Waals surface area contributed by atoms with Crippen molar-refractivity contribution in [2.45, 2.75) is 39.3 Å². The maximum atomic E-state index is 11.7. The van der Waals surface area contributed by atoms with Gasteiger partial charge in [0.15, 0.2) is 0 Å². The first-order valence-corrected chi connectivity index (χ1v) is 5.23. The predicted molar refractivity (Wildman–Crippen MR) is 63.0 cm³/mol. The minimum Gasteiger partial charge on any atom is -0.357 e. The van der Waals surface area contributed by atoms with Gasteiger partial charge in [0, 0.05) is 17.9 Å². The Morgan fingerprint density at radius 1 is 1.38 bits per heavy atom. The summed E-state index contributed by atoms with van der Waals surface area (Å²) in [6.45, 7) is 7.62. The maximum absolute atomic E-state index is 11.7. The average Bonchev–Trinajstić information content (AvgIpc) is 2.16. The number of aromatic nitrogens is 2. The van der Waals surface area contributed by atoms with Crippen LogP contribution in [0, 0.1) is 0 Å². The Bertz CT molecular complexity index is 345. The number of rotatable bonds is 3. The molecule has 1 amide bonds. The van der Waals surface area contributed by atoms with Crippen molar-refractivity contribution < 1.29 is 4.79 Å². The van der Waals surface area contributed by atoms with Crippen molar-refractivity contribution in [3.05, 3.63) is 18.6 Å². The summed E-state index contributed by atoms with van der Waals surface area (Å²) in [5, 5.41) is 5.87. The molecule has 1 aromatic rings. The number of carbonyl (C=O) groups excluding carboxylic acids is 1. The molecule has 0 saturated carbocycles. The van der Waals surface area contributed by atoms with Crippen LogP contribution in [0.25, 0.3) is 0 Å². The maximum Gasteiger partial charge on any atom is 0.242 e. The third-order valence-electron chi connectivity index (χ3n) is 1.82. The largest absolute Gasteiger partial charge is 0.357 e. The zero-order valence-corrected chi connectivity index (χ0v) is 10.1. The van der Waals surface area contributed by atoms with E-state index in [2.05, 4.69) is 20.6 Å². The highest BCUT2D eigenvalue weighted by Gasteiger charge is 2.19. The van der Waals surface area contributed by atoms with Gasteiger partial charge in [-0.1, -0.05) is 0 Å². The monoisotopic (exact) mass is 222 g/mol. The molecule has 0 aromatic carbocycles. The molecule has 2 N–H and O–H groups in total. The van der Waals surface area contributed by atoms with E-state index < -0.39 is 0 Å². The molecule has 0 aliphatic heterocycles. The van der Waals surface area contributed by atoms with Gasteiger partial charge >= 0.3 is 0 Å². The van der Waals surface area contributed by atoms with E-state index >= 15 is 0 Å². The number of carbonyl (C=O) groups is 1. The Kier molecular flexibility index (Phi) is 3.82. The van der Waals surface area contributed by atoms with Crippen LogP contribution in [0.1, 0.15) is 27.7 Å². The summed E-state index contributed by atoms with van der Waals surface area (Å²) in [4.78, 5) is 19.7. The van der Waals surface area contributed by atoms with Crippen molar-refractivity contribution in [3.63, 3.8) is 0 Å². The summed E-state index contributed by atoms with van der Waals surface area (Å²) >= 11 is 0. The molecule has 16 heavy (non-hydrogen) atoms. The quantitative estimate of drug-likeness (QED) is 0.806. The number of anilines is 1. The van der Waals surface area contributed by atoms with Gasteiger partial charge in [-0.05, 0) is 27.7 Å². The third-order valence-corrected chi connectivity index (χ3v) is 1.82. The van der Waals surface area contributed by atoms with Crippen LogP contribution < -0.4 is 10.6 Å². The zero-order chi connectivity index (χ0) is 12.2. The van der Waals surface area contributed by atoms with Gasteiger partial charge in [-0.3, -0.25) is 9.78 Å². The Morgan fingerprint density at radius 2 is 2.06 bits per heavy atom. The first-order valence-electron chi connectivity index (χ1n) is 5.23. The van der Waals surface area contributed by atoms with Gasteiger partial charge in [0.05, 0.1) is 6.20 Å². The fourth-order valence-electron chi connectivity index (χ4n) is 1.14. The Hall–Kier alpha value is -1.65. The first kappa shape index (κ1) is 12.4. The molecule has 1 heterocycles. The molecule has 1 rings (SSSR count). The van der Waals surface area contributed by atoms with E-state index in [4.69, 9.17) is 0 Å². The van der Waals surface area contributed by atoms with Crippen LogP contribution in [-0.2, 0) is 4.79 Å².